The summed E-state index contributed by atoms with van der Waals surface area (Å²) in [5.74, 6) is -1.86. The van der Waals surface area contributed by atoms with Crippen LogP contribution in [-0.2, 0) is 21.5 Å². The SMILES string of the molecule is COC(=O)C1CCCCN1C(=O)NC(Cc1ccccc1)(c1cccc(OC(F)(F)F)c1)c1cccc(OC(F)(F)F)c1. The van der Waals surface area contributed by atoms with Crippen molar-refractivity contribution in [2.75, 3.05) is 13.7 Å². The molecule has 7 nitrogen and oxygen atoms in total. The number of halogens is 6. The Morgan fingerprint density at radius 2 is 1.37 bits per heavy atom. The highest BCUT2D eigenvalue weighted by atomic mass is 19.4. The Balaban J connectivity index is 1.92. The molecule has 13 heteroatoms. The van der Waals surface area contributed by atoms with Crippen LogP contribution in [0.5, 0.6) is 11.5 Å². The number of carbonyl (C=O) groups excluding carboxylic acids is 2. The molecule has 1 aliphatic heterocycles. The van der Waals surface area contributed by atoms with E-state index < -0.39 is 47.8 Å². The van der Waals surface area contributed by atoms with Crippen LogP contribution in [0.2, 0.25) is 0 Å². The highest BCUT2D eigenvalue weighted by Gasteiger charge is 2.42. The van der Waals surface area contributed by atoms with Crippen molar-refractivity contribution >= 4 is 12.0 Å². The van der Waals surface area contributed by atoms with Gasteiger partial charge < -0.3 is 24.4 Å². The van der Waals surface area contributed by atoms with E-state index in [2.05, 4.69) is 14.8 Å². The highest BCUT2D eigenvalue weighted by Crippen LogP contribution is 2.39. The van der Waals surface area contributed by atoms with E-state index in [-0.39, 0.29) is 24.1 Å². The van der Waals surface area contributed by atoms with Crippen LogP contribution in [0, 0.1) is 0 Å². The van der Waals surface area contributed by atoms with Gasteiger partial charge in [0.15, 0.2) is 0 Å². The molecule has 0 aromatic heterocycles. The van der Waals surface area contributed by atoms with Gasteiger partial charge in [0.25, 0.3) is 0 Å². The van der Waals surface area contributed by atoms with E-state index in [1.807, 2.05) is 0 Å². The fourth-order valence-corrected chi connectivity index (χ4v) is 5.19. The number of rotatable bonds is 8. The average Bonchev–Trinajstić information content (AvgIpc) is 2.95. The van der Waals surface area contributed by atoms with Crippen LogP contribution >= 0.6 is 0 Å². The molecule has 3 aromatic rings. The van der Waals surface area contributed by atoms with Gasteiger partial charge >= 0.3 is 24.7 Å². The van der Waals surface area contributed by atoms with E-state index in [9.17, 15) is 35.9 Å². The molecule has 1 aliphatic rings. The highest BCUT2D eigenvalue weighted by molar-refractivity contribution is 5.84. The predicted octanol–water partition coefficient (Wildman–Crippen LogP) is 6.71. The first-order valence-electron chi connectivity index (χ1n) is 13.2. The number of nitrogens with one attached hydrogen (secondary N) is 1. The van der Waals surface area contributed by atoms with E-state index in [4.69, 9.17) is 4.74 Å². The van der Waals surface area contributed by atoms with Gasteiger partial charge in [0, 0.05) is 13.0 Å². The van der Waals surface area contributed by atoms with E-state index in [0.29, 0.717) is 24.8 Å². The molecule has 230 valence electrons. The van der Waals surface area contributed by atoms with Crippen molar-refractivity contribution in [3.63, 3.8) is 0 Å². The fraction of sp³-hybridized carbons (Fsp3) is 0.333. The predicted molar refractivity (Wildman–Crippen MR) is 142 cm³/mol. The third kappa shape index (κ3) is 8.11. The van der Waals surface area contributed by atoms with Crippen LogP contribution in [0.25, 0.3) is 0 Å². The number of nitrogens with zero attached hydrogens (tertiary/aromatic N) is 1. The summed E-state index contributed by atoms with van der Waals surface area (Å²) >= 11 is 0. The van der Waals surface area contributed by atoms with Crippen molar-refractivity contribution in [3.8, 4) is 11.5 Å². The number of alkyl halides is 6. The maximum absolute atomic E-state index is 14.0. The number of likely N-dealkylation sites (tertiary alicyclic amines) is 1. The van der Waals surface area contributed by atoms with E-state index >= 15 is 0 Å². The van der Waals surface area contributed by atoms with E-state index in [1.54, 1.807) is 30.3 Å². The molecule has 2 amide bonds. The van der Waals surface area contributed by atoms with Crippen molar-refractivity contribution in [3.05, 3.63) is 95.6 Å². The molecular weight excluding hydrogens is 582 g/mol. The number of methoxy groups -OCH3 is 1. The number of carbonyl (C=O) groups is 2. The van der Waals surface area contributed by atoms with Crippen LogP contribution < -0.4 is 14.8 Å². The Kier molecular flexibility index (Phi) is 9.41. The first-order chi connectivity index (χ1) is 20.3. The van der Waals surface area contributed by atoms with Crippen molar-refractivity contribution < 1.29 is 50.1 Å². The van der Waals surface area contributed by atoms with Crippen molar-refractivity contribution in [1.82, 2.24) is 10.2 Å². The van der Waals surface area contributed by atoms with Gasteiger partial charge in [-0.2, -0.15) is 0 Å². The minimum absolute atomic E-state index is 0.0715. The zero-order chi connectivity index (χ0) is 31.3. The summed E-state index contributed by atoms with van der Waals surface area (Å²) in [6, 6.07) is 16.5. The van der Waals surface area contributed by atoms with Gasteiger partial charge in [-0.3, -0.25) is 0 Å². The van der Waals surface area contributed by atoms with Gasteiger partial charge in [-0.1, -0.05) is 54.6 Å². The van der Waals surface area contributed by atoms with Crippen LogP contribution in [0.3, 0.4) is 0 Å². The number of hydrogen-bond donors (Lipinski definition) is 1. The molecule has 0 aliphatic carbocycles. The van der Waals surface area contributed by atoms with Crippen LogP contribution in [0.1, 0.15) is 36.0 Å². The summed E-state index contributed by atoms with van der Waals surface area (Å²) in [7, 11) is 1.19. The second-order valence-electron chi connectivity index (χ2n) is 9.88. The van der Waals surface area contributed by atoms with Crippen molar-refractivity contribution in [2.24, 2.45) is 0 Å². The maximum Gasteiger partial charge on any atom is 0.573 e. The molecule has 1 saturated heterocycles. The summed E-state index contributed by atoms with van der Waals surface area (Å²) in [5, 5.41) is 2.88. The van der Waals surface area contributed by atoms with Crippen molar-refractivity contribution in [2.45, 2.75) is 50.0 Å². The number of amides is 2. The Bertz CT molecular complexity index is 1350. The third-order valence-corrected chi connectivity index (χ3v) is 6.99. The van der Waals surface area contributed by atoms with E-state index in [0.717, 1.165) is 24.3 Å². The van der Waals surface area contributed by atoms with Gasteiger partial charge in [-0.15, -0.1) is 26.3 Å². The lowest BCUT2D eigenvalue weighted by atomic mass is 9.77. The first kappa shape index (κ1) is 31.5. The Labute approximate surface area is 243 Å². The number of ether oxygens (including phenoxy) is 3. The minimum atomic E-state index is -5.04. The van der Waals surface area contributed by atoms with Crippen LogP contribution in [0.15, 0.2) is 78.9 Å². The van der Waals surface area contributed by atoms with Gasteiger partial charge in [-0.05, 0) is 60.2 Å². The lowest BCUT2D eigenvalue weighted by Crippen LogP contribution is -2.58. The standard InChI is InChI=1S/C30H28F6N2O5/c1-41-26(39)25-15-5-6-16-38(25)27(40)37-28(19-20-9-3-2-4-10-20,21-11-7-13-23(17-21)42-29(31,32)33)22-12-8-14-24(18-22)43-30(34,35)36/h2-4,7-14,17-18,25H,5-6,15-16,19H2,1H3,(H,37,40). The molecular formula is C30H28F6N2O5. The number of urea groups is 1. The zero-order valence-electron chi connectivity index (χ0n) is 22.9. The molecule has 0 bridgehead atoms. The molecule has 3 aromatic carbocycles. The average molecular weight is 611 g/mol. The Morgan fingerprint density at radius 3 is 1.88 bits per heavy atom. The molecule has 0 spiro atoms. The minimum Gasteiger partial charge on any atom is -0.467 e. The number of benzene rings is 3. The largest absolute Gasteiger partial charge is 0.573 e. The molecule has 1 fully saturated rings. The Morgan fingerprint density at radius 1 is 0.814 bits per heavy atom. The van der Waals surface area contributed by atoms with Crippen molar-refractivity contribution in [1.29, 1.82) is 0 Å². The first-order valence-corrected chi connectivity index (χ1v) is 13.2. The van der Waals surface area contributed by atoms with Gasteiger partial charge in [0.05, 0.1) is 12.6 Å². The molecule has 0 radical (unpaired) electrons. The molecule has 1 heterocycles. The Hall–Kier alpha value is -4.42. The second-order valence-corrected chi connectivity index (χ2v) is 9.88. The topological polar surface area (TPSA) is 77.1 Å². The summed E-state index contributed by atoms with van der Waals surface area (Å²) in [6.07, 6.45) is -8.66. The molecule has 0 saturated carbocycles. The zero-order valence-corrected chi connectivity index (χ0v) is 22.9. The van der Waals surface area contributed by atoms with Crippen LogP contribution in [0.4, 0.5) is 31.1 Å². The lowest BCUT2D eigenvalue weighted by molar-refractivity contribution is -0.275. The monoisotopic (exact) mass is 610 g/mol. The van der Waals surface area contributed by atoms with E-state index in [1.165, 1.54) is 36.3 Å². The maximum atomic E-state index is 14.0. The second kappa shape index (κ2) is 12.8. The summed E-state index contributed by atoms with van der Waals surface area (Å²) in [4.78, 5) is 27.8. The molecule has 1 N–H and O–H groups in total. The summed E-state index contributed by atoms with van der Waals surface area (Å²) in [5.41, 5.74) is -1.04. The molecule has 1 atom stereocenters. The van der Waals surface area contributed by atoms with Gasteiger partial charge in [0.2, 0.25) is 0 Å². The summed E-state index contributed by atoms with van der Waals surface area (Å²) < 4.78 is 92.3. The number of hydrogen-bond acceptors (Lipinski definition) is 5. The van der Waals surface area contributed by atoms with Gasteiger partial charge in [0.1, 0.15) is 17.5 Å². The number of esters is 1. The smallest absolute Gasteiger partial charge is 0.467 e. The fourth-order valence-electron chi connectivity index (χ4n) is 5.19. The molecule has 43 heavy (non-hydrogen) atoms. The normalized spacial score (nSPS) is 15.9. The molecule has 1 unspecified atom stereocenters. The summed E-state index contributed by atoms with van der Waals surface area (Å²) in [6.45, 7) is 0.168. The number of piperidine rings is 1. The van der Waals surface area contributed by atoms with Gasteiger partial charge in [-0.25, -0.2) is 9.59 Å². The lowest BCUT2D eigenvalue weighted by Gasteiger charge is -2.41. The third-order valence-electron chi connectivity index (χ3n) is 6.99. The quantitative estimate of drug-likeness (QED) is 0.227. The van der Waals surface area contributed by atoms with Crippen LogP contribution in [-0.4, -0.2) is 49.3 Å². The molecule has 4 rings (SSSR count).